The first kappa shape index (κ1) is 10.5. The van der Waals surface area contributed by atoms with Crippen LogP contribution >= 0.6 is 11.8 Å². The molecule has 0 saturated carbocycles. The van der Waals surface area contributed by atoms with Crippen molar-refractivity contribution in [2.75, 3.05) is 6.26 Å². The lowest BCUT2D eigenvalue weighted by molar-refractivity contribution is 0.594. The molecular weight excluding hydrogens is 185 g/mol. The molecule has 0 aliphatic rings. The third-order valence-corrected chi connectivity index (χ3v) is 2.52. The van der Waals surface area contributed by atoms with Gasteiger partial charge in [-0.3, -0.25) is 0 Å². The molecule has 0 aromatic heterocycles. The van der Waals surface area contributed by atoms with Crippen molar-refractivity contribution in [1.29, 1.82) is 0 Å². The zero-order valence-electron chi connectivity index (χ0n) is 7.88. The summed E-state index contributed by atoms with van der Waals surface area (Å²) in [5, 5.41) is 0. The Hall–Kier alpha value is -0.540. The fourth-order valence-corrected chi connectivity index (χ4v) is 1.65. The molecule has 2 N–H and O–H groups in total. The van der Waals surface area contributed by atoms with Gasteiger partial charge in [0.1, 0.15) is 5.82 Å². The summed E-state index contributed by atoms with van der Waals surface area (Å²) in [5.74, 6) is -0.157. The van der Waals surface area contributed by atoms with Crippen LogP contribution in [0.25, 0.3) is 0 Å². The minimum absolute atomic E-state index is 0.00612. The summed E-state index contributed by atoms with van der Waals surface area (Å²) in [6.07, 6.45) is 2.57. The maximum absolute atomic E-state index is 13.2. The molecule has 0 fully saturated rings. The number of benzene rings is 1. The van der Waals surface area contributed by atoms with Crippen LogP contribution in [0, 0.1) is 5.82 Å². The highest BCUT2D eigenvalue weighted by molar-refractivity contribution is 7.98. The monoisotopic (exact) mass is 199 g/mol. The molecule has 1 aromatic rings. The zero-order chi connectivity index (χ0) is 9.84. The van der Waals surface area contributed by atoms with E-state index in [1.165, 1.54) is 6.07 Å². The maximum atomic E-state index is 13.2. The van der Waals surface area contributed by atoms with Crippen molar-refractivity contribution in [2.24, 2.45) is 5.73 Å². The highest BCUT2D eigenvalue weighted by Gasteiger charge is 2.05. The van der Waals surface area contributed by atoms with Crippen LogP contribution in [0.3, 0.4) is 0 Å². The normalized spacial score (nSPS) is 12.9. The molecule has 1 atom stereocenters. The van der Waals surface area contributed by atoms with Gasteiger partial charge in [-0.05, 0) is 43.4 Å². The predicted octanol–water partition coefficient (Wildman–Crippen LogP) is 2.44. The van der Waals surface area contributed by atoms with Crippen LogP contribution in [0.4, 0.5) is 4.39 Å². The van der Waals surface area contributed by atoms with Crippen molar-refractivity contribution in [3.63, 3.8) is 0 Å². The fraction of sp³-hybridized carbons (Fsp3) is 0.400. The third kappa shape index (κ3) is 3.01. The van der Waals surface area contributed by atoms with E-state index in [9.17, 15) is 4.39 Å². The van der Waals surface area contributed by atoms with Gasteiger partial charge >= 0.3 is 0 Å². The average Bonchev–Trinajstić information content (AvgIpc) is 2.08. The van der Waals surface area contributed by atoms with Crippen molar-refractivity contribution in [3.8, 4) is 0 Å². The topological polar surface area (TPSA) is 26.0 Å². The number of thioether (sulfide) groups is 1. The van der Waals surface area contributed by atoms with E-state index in [2.05, 4.69) is 0 Å². The lowest BCUT2D eigenvalue weighted by Gasteiger charge is -2.07. The highest BCUT2D eigenvalue weighted by atomic mass is 32.2. The largest absolute Gasteiger partial charge is 0.328 e. The molecule has 1 aromatic carbocycles. The van der Waals surface area contributed by atoms with E-state index in [0.29, 0.717) is 12.0 Å². The van der Waals surface area contributed by atoms with Crippen LogP contribution < -0.4 is 5.73 Å². The Labute approximate surface area is 82.5 Å². The minimum Gasteiger partial charge on any atom is -0.328 e. The quantitative estimate of drug-likeness (QED) is 0.757. The first-order chi connectivity index (χ1) is 6.13. The molecule has 1 unspecified atom stereocenters. The molecule has 0 saturated heterocycles. The average molecular weight is 199 g/mol. The molecule has 72 valence electrons. The summed E-state index contributed by atoms with van der Waals surface area (Å²) >= 11 is 1.61. The number of rotatable bonds is 3. The van der Waals surface area contributed by atoms with E-state index in [4.69, 9.17) is 5.73 Å². The summed E-state index contributed by atoms with van der Waals surface area (Å²) < 4.78 is 13.2. The molecule has 0 aliphatic carbocycles. The predicted molar refractivity (Wildman–Crippen MR) is 55.5 cm³/mol. The minimum atomic E-state index is -0.157. The Morgan fingerprint density at radius 2 is 2.23 bits per heavy atom. The van der Waals surface area contributed by atoms with Crippen molar-refractivity contribution in [3.05, 3.63) is 29.6 Å². The first-order valence-electron chi connectivity index (χ1n) is 4.21. The van der Waals surface area contributed by atoms with Crippen molar-refractivity contribution in [2.45, 2.75) is 24.3 Å². The molecule has 0 amide bonds. The lowest BCUT2D eigenvalue weighted by atomic mass is 10.1. The first-order valence-corrected chi connectivity index (χ1v) is 5.44. The smallest absolute Gasteiger partial charge is 0.126 e. The summed E-state index contributed by atoms with van der Waals surface area (Å²) in [5.41, 5.74) is 6.32. The number of hydrogen-bond donors (Lipinski definition) is 1. The van der Waals surface area contributed by atoms with E-state index in [0.717, 1.165) is 4.90 Å². The van der Waals surface area contributed by atoms with Crippen LogP contribution in [0.15, 0.2) is 23.1 Å². The Balaban J connectivity index is 2.90. The fourth-order valence-electron chi connectivity index (χ4n) is 1.18. The molecule has 0 heterocycles. The van der Waals surface area contributed by atoms with Crippen molar-refractivity contribution >= 4 is 11.8 Å². The number of nitrogens with two attached hydrogens (primary N) is 1. The van der Waals surface area contributed by atoms with Gasteiger partial charge in [0.15, 0.2) is 0 Å². The second-order valence-electron chi connectivity index (χ2n) is 3.14. The Morgan fingerprint density at radius 1 is 1.54 bits per heavy atom. The van der Waals surface area contributed by atoms with E-state index < -0.39 is 0 Å². The van der Waals surface area contributed by atoms with Crippen LogP contribution in [0.1, 0.15) is 12.5 Å². The molecule has 0 radical (unpaired) electrons. The van der Waals surface area contributed by atoms with Crippen LogP contribution in [-0.2, 0) is 6.42 Å². The van der Waals surface area contributed by atoms with E-state index in [1.54, 1.807) is 17.8 Å². The highest BCUT2D eigenvalue weighted by Crippen LogP contribution is 2.19. The van der Waals surface area contributed by atoms with Crippen LogP contribution in [0.5, 0.6) is 0 Å². The maximum Gasteiger partial charge on any atom is 0.126 e. The second kappa shape index (κ2) is 4.63. The summed E-state index contributed by atoms with van der Waals surface area (Å²) in [6.45, 7) is 1.88. The zero-order valence-corrected chi connectivity index (χ0v) is 8.70. The molecule has 1 rings (SSSR count). The summed E-state index contributed by atoms with van der Waals surface area (Å²) in [7, 11) is 0. The van der Waals surface area contributed by atoms with E-state index in [1.807, 2.05) is 19.2 Å². The number of hydrogen-bond acceptors (Lipinski definition) is 2. The molecule has 13 heavy (non-hydrogen) atoms. The van der Waals surface area contributed by atoms with Crippen LogP contribution in [0.2, 0.25) is 0 Å². The van der Waals surface area contributed by atoms with Gasteiger partial charge in [-0.15, -0.1) is 11.8 Å². The standard InChI is InChI=1S/C10H14FNS/c1-7(12)5-8-6-9(13-2)3-4-10(8)11/h3-4,6-7H,5,12H2,1-2H3. The van der Waals surface area contributed by atoms with Gasteiger partial charge in [-0.1, -0.05) is 0 Å². The van der Waals surface area contributed by atoms with Gasteiger partial charge in [0.05, 0.1) is 0 Å². The lowest BCUT2D eigenvalue weighted by Crippen LogP contribution is -2.18. The van der Waals surface area contributed by atoms with Gasteiger partial charge in [0, 0.05) is 10.9 Å². The summed E-state index contributed by atoms with van der Waals surface area (Å²) in [6, 6.07) is 5.16. The molecule has 1 nitrogen and oxygen atoms in total. The van der Waals surface area contributed by atoms with E-state index >= 15 is 0 Å². The van der Waals surface area contributed by atoms with Gasteiger partial charge < -0.3 is 5.73 Å². The molecule has 0 aliphatic heterocycles. The van der Waals surface area contributed by atoms with Crippen molar-refractivity contribution in [1.82, 2.24) is 0 Å². The van der Waals surface area contributed by atoms with Gasteiger partial charge in [0.25, 0.3) is 0 Å². The second-order valence-corrected chi connectivity index (χ2v) is 4.02. The van der Waals surface area contributed by atoms with E-state index in [-0.39, 0.29) is 11.9 Å². The Bertz CT molecular complexity index is 286. The summed E-state index contributed by atoms with van der Waals surface area (Å²) in [4.78, 5) is 1.08. The molecule has 3 heteroatoms. The van der Waals surface area contributed by atoms with Gasteiger partial charge in [0.2, 0.25) is 0 Å². The van der Waals surface area contributed by atoms with Crippen LogP contribution in [-0.4, -0.2) is 12.3 Å². The van der Waals surface area contributed by atoms with Crippen molar-refractivity contribution < 1.29 is 4.39 Å². The third-order valence-electron chi connectivity index (χ3n) is 1.79. The molecular formula is C10H14FNS. The molecule has 0 spiro atoms. The number of halogens is 1. The Kier molecular flexibility index (Phi) is 3.75. The van der Waals surface area contributed by atoms with Gasteiger partial charge in [-0.25, -0.2) is 4.39 Å². The molecule has 0 bridgehead atoms. The van der Waals surface area contributed by atoms with Gasteiger partial charge in [-0.2, -0.15) is 0 Å². The SMILES string of the molecule is CSc1ccc(F)c(CC(C)N)c1. The Morgan fingerprint density at radius 3 is 2.77 bits per heavy atom.